The number of hydrogen-bond acceptors (Lipinski definition) is 4. The number of ether oxygens (including phenoxy) is 2. The van der Waals surface area contributed by atoms with Crippen molar-refractivity contribution >= 4 is 41.5 Å². The maximum Gasteiger partial charge on any atom is 0.243 e. The van der Waals surface area contributed by atoms with E-state index in [1.54, 1.807) is 13.1 Å². The zero-order chi connectivity index (χ0) is 21.8. The summed E-state index contributed by atoms with van der Waals surface area (Å²) in [5.41, 5.74) is 2.46. The van der Waals surface area contributed by atoms with Crippen LogP contribution in [0.4, 0.5) is 10.1 Å². The Kier molecular flexibility index (Phi) is 12.5. The van der Waals surface area contributed by atoms with Crippen LogP contribution in [0.2, 0.25) is 0 Å². The second kappa shape index (κ2) is 14.6. The molecule has 0 spiro atoms. The fraction of sp³-hybridized carbons (Fsp3) is 0.364. The standard InChI is InChI=1S/C22H29FN4O3.HI/c1-4-29-10-11-30-20-12-16(2)8-9-17(20)14-25-22(24-3)26-15-21(28)27-19-7-5-6-18(23)13-19;/h5-9,12-13H,4,10-11,14-15H2,1-3H3,(H,27,28)(H2,24,25,26);1H. The highest BCUT2D eigenvalue weighted by molar-refractivity contribution is 14.0. The number of nitrogens with zero attached hydrogens (tertiary/aromatic N) is 1. The Morgan fingerprint density at radius 1 is 1.13 bits per heavy atom. The fourth-order valence-electron chi connectivity index (χ4n) is 2.63. The summed E-state index contributed by atoms with van der Waals surface area (Å²) in [7, 11) is 1.62. The van der Waals surface area contributed by atoms with Crippen LogP contribution in [-0.4, -0.2) is 45.3 Å². The van der Waals surface area contributed by atoms with Crippen LogP contribution < -0.4 is 20.7 Å². The molecule has 0 bridgehead atoms. The third-order valence-electron chi connectivity index (χ3n) is 4.11. The molecule has 9 heteroatoms. The van der Waals surface area contributed by atoms with Gasteiger partial charge in [-0.05, 0) is 43.7 Å². The first-order valence-electron chi connectivity index (χ1n) is 9.81. The Bertz CT molecular complexity index is 864. The first kappa shape index (κ1) is 26.6. The van der Waals surface area contributed by atoms with Gasteiger partial charge in [0.15, 0.2) is 5.96 Å². The van der Waals surface area contributed by atoms with Gasteiger partial charge in [-0.1, -0.05) is 18.2 Å². The molecule has 31 heavy (non-hydrogen) atoms. The molecule has 0 aliphatic rings. The van der Waals surface area contributed by atoms with E-state index in [1.165, 1.54) is 18.2 Å². The van der Waals surface area contributed by atoms with Crippen LogP contribution in [0.1, 0.15) is 18.1 Å². The minimum absolute atomic E-state index is 0. The zero-order valence-corrected chi connectivity index (χ0v) is 20.4. The summed E-state index contributed by atoms with van der Waals surface area (Å²) in [5.74, 6) is 0.529. The Morgan fingerprint density at radius 3 is 2.65 bits per heavy atom. The van der Waals surface area contributed by atoms with Gasteiger partial charge >= 0.3 is 0 Å². The van der Waals surface area contributed by atoms with E-state index >= 15 is 0 Å². The highest BCUT2D eigenvalue weighted by Crippen LogP contribution is 2.20. The average molecular weight is 544 g/mol. The molecule has 3 N–H and O–H groups in total. The van der Waals surface area contributed by atoms with Crippen LogP contribution in [-0.2, 0) is 16.1 Å². The smallest absolute Gasteiger partial charge is 0.243 e. The van der Waals surface area contributed by atoms with E-state index in [2.05, 4.69) is 20.9 Å². The van der Waals surface area contributed by atoms with E-state index in [0.717, 1.165) is 16.9 Å². The summed E-state index contributed by atoms with van der Waals surface area (Å²) in [6.07, 6.45) is 0. The van der Waals surface area contributed by atoms with Crippen molar-refractivity contribution in [2.75, 3.05) is 38.7 Å². The summed E-state index contributed by atoms with van der Waals surface area (Å²) in [6, 6.07) is 11.7. The second-order valence-electron chi connectivity index (χ2n) is 6.49. The molecule has 0 aliphatic heterocycles. The number of aliphatic imine (C=N–C) groups is 1. The molecule has 1 amide bonds. The van der Waals surface area contributed by atoms with Crippen LogP contribution in [0.3, 0.4) is 0 Å². The van der Waals surface area contributed by atoms with Crippen molar-refractivity contribution in [2.24, 2.45) is 4.99 Å². The summed E-state index contributed by atoms with van der Waals surface area (Å²) in [4.78, 5) is 16.2. The molecule has 2 rings (SSSR count). The topological polar surface area (TPSA) is 84.0 Å². The van der Waals surface area contributed by atoms with Crippen molar-refractivity contribution in [1.29, 1.82) is 0 Å². The van der Waals surface area contributed by atoms with Crippen molar-refractivity contribution < 1.29 is 18.7 Å². The lowest BCUT2D eigenvalue weighted by Crippen LogP contribution is -2.41. The Hall–Kier alpha value is -2.40. The molecule has 0 heterocycles. The molecule has 2 aromatic rings. The van der Waals surface area contributed by atoms with E-state index in [9.17, 15) is 9.18 Å². The highest BCUT2D eigenvalue weighted by Gasteiger charge is 2.08. The van der Waals surface area contributed by atoms with Crippen LogP contribution in [0, 0.1) is 12.7 Å². The van der Waals surface area contributed by atoms with Crippen LogP contribution in [0.15, 0.2) is 47.5 Å². The predicted octanol–water partition coefficient (Wildman–Crippen LogP) is 3.47. The minimum Gasteiger partial charge on any atom is -0.491 e. The molecule has 0 atom stereocenters. The third-order valence-corrected chi connectivity index (χ3v) is 4.11. The molecule has 0 saturated carbocycles. The first-order valence-corrected chi connectivity index (χ1v) is 9.81. The van der Waals surface area contributed by atoms with Crippen molar-refractivity contribution in [1.82, 2.24) is 10.6 Å². The molecule has 0 fully saturated rings. The van der Waals surface area contributed by atoms with Crippen LogP contribution >= 0.6 is 24.0 Å². The molecule has 7 nitrogen and oxygen atoms in total. The molecule has 0 aromatic heterocycles. The van der Waals surface area contributed by atoms with Gasteiger partial charge < -0.3 is 25.4 Å². The monoisotopic (exact) mass is 544 g/mol. The van der Waals surface area contributed by atoms with E-state index in [4.69, 9.17) is 9.47 Å². The molecule has 0 aliphatic carbocycles. The SMILES string of the molecule is CCOCCOc1cc(C)ccc1CNC(=NC)NCC(=O)Nc1cccc(F)c1.I. The van der Waals surface area contributed by atoms with Gasteiger partial charge in [0.1, 0.15) is 18.2 Å². The van der Waals surface area contributed by atoms with Crippen molar-refractivity contribution in [3.05, 3.63) is 59.4 Å². The average Bonchev–Trinajstić information content (AvgIpc) is 2.72. The number of amides is 1. The van der Waals surface area contributed by atoms with Crippen LogP contribution in [0.5, 0.6) is 5.75 Å². The number of rotatable bonds is 10. The Morgan fingerprint density at radius 2 is 1.94 bits per heavy atom. The van der Waals surface area contributed by atoms with Gasteiger partial charge in [0, 0.05) is 31.5 Å². The van der Waals surface area contributed by atoms with Gasteiger partial charge in [-0.2, -0.15) is 0 Å². The van der Waals surface area contributed by atoms with Gasteiger partial charge in [-0.3, -0.25) is 9.79 Å². The van der Waals surface area contributed by atoms with Crippen molar-refractivity contribution in [3.63, 3.8) is 0 Å². The number of carbonyl (C=O) groups is 1. The first-order chi connectivity index (χ1) is 14.5. The number of halogens is 2. The Balaban J connectivity index is 0.00000480. The van der Waals surface area contributed by atoms with Crippen LogP contribution in [0.25, 0.3) is 0 Å². The molecule has 0 radical (unpaired) electrons. The van der Waals surface area contributed by atoms with Gasteiger partial charge in [0.2, 0.25) is 5.91 Å². The molecule has 0 unspecified atom stereocenters. The summed E-state index contributed by atoms with van der Waals surface area (Å²) >= 11 is 0. The fourth-order valence-corrected chi connectivity index (χ4v) is 2.63. The molecule has 170 valence electrons. The summed E-state index contributed by atoms with van der Waals surface area (Å²) in [6.45, 7) is 6.05. The second-order valence-corrected chi connectivity index (χ2v) is 6.49. The van der Waals surface area contributed by atoms with E-state index in [0.29, 0.717) is 38.0 Å². The molecular weight excluding hydrogens is 514 g/mol. The van der Waals surface area contributed by atoms with E-state index < -0.39 is 5.82 Å². The maximum absolute atomic E-state index is 13.2. The van der Waals surface area contributed by atoms with Gasteiger partial charge in [-0.15, -0.1) is 24.0 Å². The summed E-state index contributed by atoms with van der Waals surface area (Å²) in [5, 5.41) is 8.73. The van der Waals surface area contributed by atoms with Crippen molar-refractivity contribution in [2.45, 2.75) is 20.4 Å². The lowest BCUT2D eigenvalue weighted by molar-refractivity contribution is -0.115. The number of carbonyl (C=O) groups excluding carboxylic acids is 1. The van der Waals surface area contributed by atoms with E-state index in [1.807, 2.05) is 32.0 Å². The number of nitrogens with one attached hydrogen (secondary N) is 3. The molecular formula is C22H30FIN4O3. The lowest BCUT2D eigenvalue weighted by Gasteiger charge is -2.15. The number of benzene rings is 2. The lowest BCUT2D eigenvalue weighted by atomic mass is 10.1. The highest BCUT2D eigenvalue weighted by atomic mass is 127. The molecule has 0 saturated heterocycles. The van der Waals surface area contributed by atoms with Gasteiger partial charge in [-0.25, -0.2) is 4.39 Å². The normalized spacial score (nSPS) is 10.8. The number of hydrogen-bond donors (Lipinski definition) is 3. The minimum atomic E-state index is -0.407. The van der Waals surface area contributed by atoms with Gasteiger partial charge in [0.25, 0.3) is 0 Å². The van der Waals surface area contributed by atoms with Gasteiger partial charge in [0.05, 0.1) is 13.2 Å². The summed E-state index contributed by atoms with van der Waals surface area (Å²) < 4.78 is 24.4. The number of aryl methyl sites for hydroxylation is 1. The third kappa shape index (κ3) is 9.97. The largest absolute Gasteiger partial charge is 0.491 e. The zero-order valence-electron chi connectivity index (χ0n) is 18.0. The molecule has 2 aromatic carbocycles. The van der Waals surface area contributed by atoms with E-state index in [-0.39, 0.29) is 36.4 Å². The number of anilines is 1. The quantitative estimate of drug-likeness (QED) is 0.185. The predicted molar refractivity (Wildman–Crippen MR) is 132 cm³/mol. The number of guanidine groups is 1. The van der Waals surface area contributed by atoms with Crippen molar-refractivity contribution in [3.8, 4) is 5.75 Å². The Labute approximate surface area is 199 Å². The maximum atomic E-state index is 13.2.